The van der Waals surface area contributed by atoms with Crippen LogP contribution in [0.5, 0.6) is 0 Å². The minimum Gasteiger partial charge on any atom is -0.396 e. The summed E-state index contributed by atoms with van der Waals surface area (Å²) in [5.41, 5.74) is 0.244. The lowest BCUT2D eigenvalue weighted by molar-refractivity contribution is 0.0633. The Hall–Kier alpha value is -0.600. The van der Waals surface area contributed by atoms with E-state index in [-0.39, 0.29) is 10.8 Å². The molecule has 2 N–H and O–H groups in total. The van der Waals surface area contributed by atoms with Gasteiger partial charge in [0, 0.05) is 13.2 Å². The first-order valence-electron chi connectivity index (χ1n) is 8.61. The second-order valence-electron chi connectivity index (χ2n) is 7.84. The normalized spacial score (nSPS) is 25.5. The fourth-order valence-corrected chi connectivity index (χ4v) is 3.15. The van der Waals surface area contributed by atoms with Crippen LogP contribution in [0, 0.1) is 22.7 Å². The summed E-state index contributed by atoms with van der Waals surface area (Å²) >= 11 is 0. The first kappa shape index (κ1) is 17.7. The Morgan fingerprint density at radius 3 is 1.32 bits per heavy atom. The topological polar surface area (TPSA) is 46.9 Å². The van der Waals surface area contributed by atoms with Gasteiger partial charge in [-0.15, -0.1) is 0 Å². The second kappa shape index (κ2) is 7.79. The predicted molar refractivity (Wildman–Crippen MR) is 89.5 cm³/mol. The van der Waals surface area contributed by atoms with Gasteiger partial charge in [0.1, 0.15) is 0 Å². The minimum atomic E-state index is 0.122. The number of piperidine rings is 2. The van der Waals surface area contributed by atoms with Crippen LogP contribution in [-0.2, 0) is 0 Å². The maximum Gasteiger partial charge on any atom is 0.0602 e. The van der Waals surface area contributed by atoms with E-state index >= 15 is 0 Å². The monoisotopic (exact) mass is 308 g/mol. The highest BCUT2D eigenvalue weighted by molar-refractivity contribution is 5.04. The Balaban J connectivity index is 1.64. The van der Waals surface area contributed by atoms with E-state index in [4.69, 9.17) is 0 Å². The van der Waals surface area contributed by atoms with Crippen LogP contribution >= 0.6 is 0 Å². The molecule has 0 aromatic rings. The molecule has 22 heavy (non-hydrogen) atoms. The Labute approximate surface area is 135 Å². The van der Waals surface area contributed by atoms with E-state index < -0.39 is 0 Å². The Morgan fingerprint density at radius 1 is 0.727 bits per heavy atom. The molecule has 0 atom stereocenters. The summed E-state index contributed by atoms with van der Waals surface area (Å²) in [4.78, 5) is 4.78. The minimum absolute atomic E-state index is 0.122. The molecule has 0 spiro atoms. The maximum absolute atomic E-state index is 9.38. The molecule has 0 bridgehead atoms. The van der Waals surface area contributed by atoms with E-state index in [0.29, 0.717) is 13.2 Å². The molecule has 2 fully saturated rings. The molecule has 126 valence electrons. The fourth-order valence-electron chi connectivity index (χ4n) is 3.15. The molecule has 4 nitrogen and oxygen atoms in total. The van der Waals surface area contributed by atoms with Crippen molar-refractivity contribution < 1.29 is 10.2 Å². The zero-order valence-electron chi connectivity index (χ0n) is 14.3. The van der Waals surface area contributed by atoms with Crippen LogP contribution in [0.15, 0.2) is 0 Å². The summed E-state index contributed by atoms with van der Waals surface area (Å²) in [6, 6.07) is 0. The third kappa shape index (κ3) is 4.96. The molecule has 2 aliphatic heterocycles. The van der Waals surface area contributed by atoms with E-state index in [1.807, 2.05) is 0 Å². The van der Waals surface area contributed by atoms with E-state index in [0.717, 1.165) is 65.0 Å². The van der Waals surface area contributed by atoms with Gasteiger partial charge in [-0.2, -0.15) is 0 Å². The van der Waals surface area contributed by atoms with Gasteiger partial charge in [0.2, 0.25) is 0 Å². The van der Waals surface area contributed by atoms with Gasteiger partial charge < -0.3 is 10.2 Å². The van der Waals surface area contributed by atoms with E-state index in [9.17, 15) is 10.2 Å². The predicted octanol–water partition coefficient (Wildman–Crippen LogP) is 1.18. The van der Waals surface area contributed by atoms with Crippen molar-refractivity contribution in [1.82, 2.24) is 9.80 Å². The smallest absolute Gasteiger partial charge is 0.0602 e. The standard InChI is InChI=1S/C18H32N2O2/c1-17(15-21)5-11-19(12-6-17)9-3-4-10-20-13-7-18(2,16-22)8-14-20/h21-22H,5-16H2,1-2H3. The third-order valence-corrected chi connectivity index (χ3v) is 5.62. The molecule has 0 radical (unpaired) electrons. The zero-order chi connectivity index (χ0) is 16.1. The van der Waals surface area contributed by atoms with Crippen molar-refractivity contribution in [1.29, 1.82) is 0 Å². The lowest BCUT2D eigenvalue weighted by atomic mass is 9.81. The quantitative estimate of drug-likeness (QED) is 0.766. The highest BCUT2D eigenvalue weighted by Crippen LogP contribution is 2.30. The van der Waals surface area contributed by atoms with Gasteiger partial charge in [-0.3, -0.25) is 9.80 Å². The Bertz CT molecular complexity index is 361. The van der Waals surface area contributed by atoms with Crippen molar-refractivity contribution in [2.45, 2.75) is 39.5 Å². The number of aliphatic hydroxyl groups excluding tert-OH is 2. The number of nitrogens with zero attached hydrogens (tertiary/aromatic N) is 2. The van der Waals surface area contributed by atoms with Crippen LogP contribution in [-0.4, -0.2) is 72.5 Å². The lowest BCUT2D eigenvalue weighted by Crippen LogP contribution is -2.41. The molecular weight excluding hydrogens is 276 g/mol. The van der Waals surface area contributed by atoms with Gasteiger partial charge >= 0.3 is 0 Å². The molecule has 2 aliphatic rings. The van der Waals surface area contributed by atoms with Crippen molar-refractivity contribution in [3.8, 4) is 11.8 Å². The van der Waals surface area contributed by atoms with Crippen molar-refractivity contribution >= 4 is 0 Å². The van der Waals surface area contributed by atoms with E-state index in [2.05, 4.69) is 35.5 Å². The van der Waals surface area contributed by atoms with Crippen LogP contribution in [0.1, 0.15) is 39.5 Å². The number of likely N-dealkylation sites (tertiary alicyclic amines) is 2. The third-order valence-electron chi connectivity index (χ3n) is 5.62. The molecule has 2 heterocycles. The fraction of sp³-hybridized carbons (Fsp3) is 0.889. The van der Waals surface area contributed by atoms with Gasteiger partial charge in [-0.25, -0.2) is 0 Å². The van der Waals surface area contributed by atoms with E-state index in [1.165, 1.54) is 0 Å². The molecular formula is C18H32N2O2. The highest BCUT2D eigenvalue weighted by atomic mass is 16.3. The summed E-state index contributed by atoms with van der Waals surface area (Å²) in [7, 11) is 0. The van der Waals surface area contributed by atoms with Crippen LogP contribution in [0.2, 0.25) is 0 Å². The zero-order valence-corrected chi connectivity index (χ0v) is 14.3. The number of aliphatic hydroxyl groups is 2. The Morgan fingerprint density at radius 2 is 1.05 bits per heavy atom. The van der Waals surface area contributed by atoms with E-state index in [1.54, 1.807) is 0 Å². The number of hydrogen-bond donors (Lipinski definition) is 2. The highest BCUT2D eigenvalue weighted by Gasteiger charge is 2.29. The largest absolute Gasteiger partial charge is 0.396 e. The maximum atomic E-state index is 9.38. The number of hydrogen-bond acceptors (Lipinski definition) is 4. The first-order chi connectivity index (χ1) is 10.5. The van der Waals surface area contributed by atoms with Gasteiger partial charge in [-0.05, 0) is 62.7 Å². The summed E-state index contributed by atoms with van der Waals surface area (Å²) in [5, 5.41) is 18.8. The van der Waals surface area contributed by atoms with Gasteiger partial charge in [0.15, 0.2) is 0 Å². The van der Waals surface area contributed by atoms with Crippen molar-refractivity contribution in [3.63, 3.8) is 0 Å². The second-order valence-corrected chi connectivity index (χ2v) is 7.84. The van der Waals surface area contributed by atoms with Crippen molar-refractivity contribution in [2.24, 2.45) is 10.8 Å². The van der Waals surface area contributed by atoms with Crippen molar-refractivity contribution in [2.75, 3.05) is 52.5 Å². The van der Waals surface area contributed by atoms with Crippen molar-refractivity contribution in [3.05, 3.63) is 0 Å². The first-order valence-corrected chi connectivity index (χ1v) is 8.61. The van der Waals surface area contributed by atoms with Crippen LogP contribution in [0.3, 0.4) is 0 Å². The molecule has 0 aromatic heterocycles. The van der Waals surface area contributed by atoms with Gasteiger partial charge in [0.25, 0.3) is 0 Å². The molecule has 4 heteroatoms. The van der Waals surface area contributed by atoms with Gasteiger partial charge in [0.05, 0.1) is 13.1 Å². The summed E-state index contributed by atoms with van der Waals surface area (Å²) in [5.74, 6) is 6.61. The molecule has 0 aromatic carbocycles. The molecule has 2 rings (SSSR count). The van der Waals surface area contributed by atoms with Crippen LogP contribution in [0.4, 0.5) is 0 Å². The Kier molecular flexibility index (Phi) is 6.28. The molecule has 0 amide bonds. The average molecular weight is 308 g/mol. The summed E-state index contributed by atoms with van der Waals surface area (Å²) in [6.45, 7) is 10.8. The molecule has 0 unspecified atom stereocenters. The molecule has 0 aliphatic carbocycles. The summed E-state index contributed by atoms with van der Waals surface area (Å²) in [6.07, 6.45) is 4.27. The SMILES string of the molecule is CC1(CO)CCN(CC#CCN2CCC(C)(CO)CC2)CC1. The molecule has 0 saturated carbocycles. The molecule has 2 saturated heterocycles. The average Bonchev–Trinajstić information content (AvgIpc) is 2.55. The lowest BCUT2D eigenvalue weighted by Gasteiger charge is -2.37. The van der Waals surface area contributed by atoms with Crippen LogP contribution < -0.4 is 0 Å². The summed E-state index contributed by atoms with van der Waals surface area (Å²) < 4.78 is 0. The number of rotatable bonds is 4. The van der Waals surface area contributed by atoms with Gasteiger partial charge in [-0.1, -0.05) is 25.7 Å². The van der Waals surface area contributed by atoms with Crippen LogP contribution in [0.25, 0.3) is 0 Å².